The van der Waals surface area contributed by atoms with Crippen molar-refractivity contribution in [1.29, 1.82) is 0 Å². The summed E-state index contributed by atoms with van der Waals surface area (Å²) in [6.07, 6.45) is 6.38. The largest absolute Gasteiger partial charge is 1.00 e. The van der Waals surface area contributed by atoms with E-state index in [0.717, 1.165) is 25.7 Å². The van der Waals surface area contributed by atoms with Gasteiger partial charge in [-0.2, -0.15) is 0 Å². The van der Waals surface area contributed by atoms with Gasteiger partial charge in [-0.1, -0.05) is 25.3 Å². The molecule has 1 atom stereocenters. The smallest absolute Gasteiger partial charge is 0.550 e. The van der Waals surface area contributed by atoms with Gasteiger partial charge in [-0.15, -0.1) is 6.58 Å². The first-order chi connectivity index (χ1) is 7.57. The number of carbonyl (C=O) groups excluding carboxylic acids is 2. The minimum Gasteiger partial charge on any atom is -0.550 e. The molecular formula is C12H18K2O4. The van der Waals surface area contributed by atoms with E-state index in [1.807, 2.05) is 6.08 Å². The Balaban J connectivity index is -0.00000112. The van der Waals surface area contributed by atoms with Gasteiger partial charge in [0.1, 0.15) is 0 Å². The van der Waals surface area contributed by atoms with Crippen LogP contribution < -0.4 is 113 Å². The first kappa shape index (κ1) is 24.9. The molecule has 0 aromatic carbocycles. The van der Waals surface area contributed by atoms with E-state index in [2.05, 4.69) is 6.58 Å². The summed E-state index contributed by atoms with van der Waals surface area (Å²) in [5.41, 5.74) is 0. The molecule has 0 aliphatic heterocycles. The molecule has 0 saturated carbocycles. The summed E-state index contributed by atoms with van der Waals surface area (Å²) in [6, 6.07) is 0. The molecule has 0 saturated heterocycles. The summed E-state index contributed by atoms with van der Waals surface area (Å²) >= 11 is 0. The summed E-state index contributed by atoms with van der Waals surface area (Å²) in [4.78, 5) is 20.9. The molecule has 0 amide bonds. The number of hydrogen-bond acceptors (Lipinski definition) is 4. The Morgan fingerprint density at radius 2 is 1.61 bits per heavy atom. The van der Waals surface area contributed by atoms with Crippen LogP contribution >= 0.6 is 0 Å². The van der Waals surface area contributed by atoms with Crippen LogP contribution in [0.1, 0.15) is 44.9 Å². The van der Waals surface area contributed by atoms with Crippen LogP contribution in [0.2, 0.25) is 0 Å². The van der Waals surface area contributed by atoms with Gasteiger partial charge in [0.25, 0.3) is 0 Å². The molecule has 0 bridgehead atoms. The molecule has 0 fully saturated rings. The van der Waals surface area contributed by atoms with E-state index in [9.17, 15) is 19.8 Å². The topological polar surface area (TPSA) is 80.3 Å². The number of carboxylic acids is 2. The van der Waals surface area contributed by atoms with Crippen molar-refractivity contribution in [1.82, 2.24) is 0 Å². The Hall–Kier alpha value is 1.95. The van der Waals surface area contributed by atoms with Crippen molar-refractivity contribution in [3.8, 4) is 0 Å². The molecule has 18 heavy (non-hydrogen) atoms. The quantitative estimate of drug-likeness (QED) is 0.229. The fourth-order valence-electron chi connectivity index (χ4n) is 1.54. The van der Waals surface area contributed by atoms with E-state index in [1.165, 1.54) is 0 Å². The van der Waals surface area contributed by atoms with Gasteiger partial charge < -0.3 is 19.8 Å². The summed E-state index contributed by atoms with van der Waals surface area (Å²) in [6.45, 7) is 3.60. The average molecular weight is 304 g/mol. The van der Waals surface area contributed by atoms with Gasteiger partial charge in [-0.25, -0.2) is 0 Å². The van der Waals surface area contributed by atoms with Crippen molar-refractivity contribution in [3.05, 3.63) is 12.7 Å². The molecule has 0 aromatic heterocycles. The molecule has 0 aliphatic rings. The number of carbonyl (C=O) groups is 2. The summed E-state index contributed by atoms with van der Waals surface area (Å²) in [7, 11) is 0. The number of unbranched alkanes of at least 4 members (excludes halogenated alkanes) is 4. The maximum atomic E-state index is 10.6. The molecule has 0 radical (unpaired) electrons. The standard InChI is InChI=1S/C12H20O4.2K/c1-2-3-4-5-6-7-8-10(12(15)16)9-11(13)14;;/h2,10H,1,3-9H2,(H,13,14)(H,15,16);;/q;2*+1/p-2. The fraction of sp³-hybridized carbons (Fsp3) is 0.667. The zero-order valence-corrected chi connectivity index (χ0v) is 17.7. The third-order valence-corrected chi connectivity index (χ3v) is 2.46. The molecule has 0 spiro atoms. The summed E-state index contributed by atoms with van der Waals surface area (Å²) in [5.74, 6) is -3.54. The Morgan fingerprint density at radius 1 is 1.06 bits per heavy atom. The average Bonchev–Trinajstić information content (AvgIpc) is 2.20. The fourth-order valence-corrected chi connectivity index (χ4v) is 1.54. The molecule has 0 heterocycles. The van der Waals surface area contributed by atoms with E-state index < -0.39 is 24.3 Å². The normalized spacial score (nSPS) is 10.7. The second-order valence-electron chi connectivity index (χ2n) is 3.87. The second kappa shape index (κ2) is 17.0. The first-order valence-electron chi connectivity index (χ1n) is 5.59. The van der Waals surface area contributed by atoms with Crippen LogP contribution in [0.4, 0.5) is 0 Å². The number of hydrogen-bond donors (Lipinski definition) is 0. The number of rotatable bonds is 10. The van der Waals surface area contributed by atoms with Gasteiger partial charge >= 0.3 is 103 Å². The molecule has 0 aliphatic carbocycles. The SMILES string of the molecule is C=CCCCCCCC(CC(=O)[O-])C(=O)[O-].[K+].[K+]. The third-order valence-electron chi connectivity index (χ3n) is 2.46. The van der Waals surface area contributed by atoms with Gasteiger partial charge in [0.05, 0.1) is 0 Å². The van der Waals surface area contributed by atoms with Gasteiger partial charge in [-0.05, 0) is 25.7 Å². The van der Waals surface area contributed by atoms with Crippen LogP contribution in [0.15, 0.2) is 12.7 Å². The van der Waals surface area contributed by atoms with Crippen LogP contribution in [0.25, 0.3) is 0 Å². The van der Waals surface area contributed by atoms with Gasteiger partial charge in [0.15, 0.2) is 0 Å². The zero-order chi connectivity index (χ0) is 12.4. The van der Waals surface area contributed by atoms with E-state index in [-0.39, 0.29) is 103 Å². The van der Waals surface area contributed by atoms with Crippen molar-refractivity contribution < 1.29 is 123 Å². The number of allylic oxidation sites excluding steroid dienone is 1. The van der Waals surface area contributed by atoms with E-state index >= 15 is 0 Å². The minimum atomic E-state index is -1.33. The molecule has 0 N–H and O–H groups in total. The minimum absolute atomic E-state index is 0. The van der Waals surface area contributed by atoms with Crippen molar-refractivity contribution in [2.75, 3.05) is 0 Å². The molecule has 0 aromatic rings. The number of aliphatic carboxylic acids is 2. The molecule has 6 heteroatoms. The predicted octanol–water partition coefficient (Wildman–Crippen LogP) is -5.97. The molecule has 1 unspecified atom stereocenters. The molecule has 0 rings (SSSR count). The van der Waals surface area contributed by atoms with Crippen molar-refractivity contribution >= 4 is 11.9 Å². The second-order valence-corrected chi connectivity index (χ2v) is 3.87. The van der Waals surface area contributed by atoms with E-state index in [4.69, 9.17) is 0 Å². The van der Waals surface area contributed by atoms with Crippen LogP contribution in [0.3, 0.4) is 0 Å². The van der Waals surface area contributed by atoms with Gasteiger partial charge in [0.2, 0.25) is 0 Å². The Morgan fingerprint density at radius 3 is 2.06 bits per heavy atom. The maximum Gasteiger partial charge on any atom is 1.00 e. The Kier molecular flexibility index (Phi) is 23.6. The summed E-state index contributed by atoms with van der Waals surface area (Å²) in [5, 5.41) is 20.9. The predicted molar refractivity (Wildman–Crippen MR) is 56.0 cm³/mol. The monoisotopic (exact) mass is 304 g/mol. The van der Waals surface area contributed by atoms with Crippen LogP contribution in [0.5, 0.6) is 0 Å². The molecule has 92 valence electrons. The van der Waals surface area contributed by atoms with Gasteiger partial charge in [0, 0.05) is 17.9 Å². The van der Waals surface area contributed by atoms with Crippen LogP contribution in [0, 0.1) is 5.92 Å². The van der Waals surface area contributed by atoms with Gasteiger partial charge in [-0.3, -0.25) is 0 Å². The van der Waals surface area contributed by atoms with Crippen LogP contribution in [-0.4, -0.2) is 11.9 Å². The van der Waals surface area contributed by atoms with Crippen molar-refractivity contribution in [2.24, 2.45) is 5.92 Å². The van der Waals surface area contributed by atoms with Crippen molar-refractivity contribution in [3.63, 3.8) is 0 Å². The molecule has 4 nitrogen and oxygen atoms in total. The number of carboxylic acid groups (broad SMARTS) is 2. The van der Waals surface area contributed by atoms with Crippen LogP contribution in [-0.2, 0) is 9.59 Å². The van der Waals surface area contributed by atoms with Crippen molar-refractivity contribution in [2.45, 2.75) is 44.9 Å². The Labute approximate surface area is 194 Å². The summed E-state index contributed by atoms with van der Waals surface area (Å²) < 4.78 is 0. The third kappa shape index (κ3) is 16.0. The maximum absolute atomic E-state index is 10.6. The zero-order valence-electron chi connectivity index (χ0n) is 11.4. The van der Waals surface area contributed by atoms with E-state index in [0.29, 0.717) is 12.8 Å². The Bertz CT molecular complexity index is 244. The van der Waals surface area contributed by atoms with E-state index in [1.54, 1.807) is 0 Å². The molecular weight excluding hydrogens is 286 g/mol. The first-order valence-corrected chi connectivity index (χ1v) is 5.59.